The van der Waals surface area contributed by atoms with Gasteiger partial charge in [0.2, 0.25) is 5.22 Å². The van der Waals surface area contributed by atoms with Gasteiger partial charge in [-0.2, -0.15) is 0 Å². The Morgan fingerprint density at radius 1 is 1.24 bits per heavy atom. The number of hydrogen-bond acceptors (Lipinski definition) is 2. The topological polar surface area (TPSA) is 42.2 Å². The first-order valence-electron chi connectivity index (χ1n) is 4.90. The van der Waals surface area contributed by atoms with Gasteiger partial charge in [-0.1, -0.05) is 12.1 Å². The highest BCUT2D eigenvalue weighted by molar-refractivity contribution is 6.32. The molecule has 0 saturated carbocycles. The second-order valence-corrected chi connectivity index (χ2v) is 4.00. The molecule has 17 heavy (non-hydrogen) atoms. The average Bonchev–Trinajstić information content (AvgIpc) is 2.76. The van der Waals surface area contributed by atoms with E-state index in [9.17, 15) is 4.79 Å². The Morgan fingerprint density at radius 2 is 1.94 bits per heavy atom. The SMILES string of the molecule is O=C(Nc1ccc(CCl)cc1)c1ccoc1Cl. The van der Waals surface area contributed by atoms with Crippen molar-refractivity contribution in [1.29, 1.82) is 0 Å². The van der Waals surface area contributed by atoms with Gasteiger partial charge in [-0.15, -0.1) is 11.6 Å². The minimum Gasteiger partial charge on any atom is -0.452 e. The summed E-state index contributed by atoms with van der Waals surface area (Å²) in [5, 5.41) is 2.79. The van der Waals surface area contributed by atoms with Crippen LogP contribution in [0, 0.1) is 0 Å². The Morgan fingerprint density at radius 3 is 2.47 bits per heavy atom. The first kappa shape index (κ1) is 12.0. The number of rotatable bonds is 3. The van der Waals surface area contributed by atoms with Crippen LogP contribution >= 0.6 is 23.2 Å². The van der Waals surface area contributed by atoms with Gasteiger partial charge in [0.15, 0.2) is 0 Å². The molecule has 0 bridgehead atoms. The molecule has 1 amide bonds. The standard InChI is InChI=1S/C12H9Cl2NO2/c13-7-8-1-3-9(4-2-8)15-12(16)10-5-6-17-11(10)14/h1-6H,7H2,(H,15,16). The molecule has 5 heteroatoms. The summed E-state index contributed by atoms with van der Waals surface area (Å²) in [5.41, 5.74) is 1.99. The van der Waals surface area contributed by atoms with Gasteiger partial charge in [0.05, 0.1) is 11.8 Å². The minimum atomic E-state index is -0.303. The number of carbonyl (C=O) groups is 1. The predicted octanol–water partition coefficient (Wildman–Crippen LogP) is 3.92. The van der Waals surface area contributed by atoms with Gasteiger partial charge in [0.1, 0.15) is 0 Å². The highest BCUT2D eigenvalue weighted by atomic mass is 35.5. The number of benzene rings is 1. The monoisotopic (exact) mass is 269 g/mol. The predicted molar refractivity (Wildman–Crippen MR) is 67.7 cm³/mol. The molecule has 0 aliphatic carbocycles. The van der Waals surface area contributed by atoms with Gasteiger partial charge in [0.25, 0.3) is 5.91 Å². The molecular formula is C12H9Cl2NO2. The highest BCUT2D eigenvalue weighted by Gasteiger charge is 2.12. The minimum absolute atomic E-state index is 0.0832. The van der Waals surface area contributed by atoms with E-state index < -0.39 is 0 Å². The van der Waals surface area contributed by atoms with E-state index in [2.05, 4.69) is 5.32 Å². The largest absolute Gasteiger partial charge is 0.452 e. The van der Waals surface area contributed by atoms with Crippen LogP contribution in [0.4, 0.5) is 5.69 Å². The fourth-order valence-corrected chi connectivity index (χ4v) is 1.71. The molecule has 0 unspecified atom stereocenters. The molecule has 1 aromatic heterocycles. The van der Waals surface area contributed by atoms with Crippen molar-refractivity contribution in [2.75, 3.05) is 5.32 Å². The molecule has 0 spiro atoms. The number of nitrogens with one attached hydrogen (secondary N) is 1. The Bertz CT molecular complexity index is 520. The van der Waals surface area contributed by atoms with Crippen molar-refractivity contribution >= 4 is 34.8 Å². The maximum absolute atomic E-state index is 11.8. The molecule has 88 valence electrons. The molecule has 0 aliphatic heterocycles. The lowest BCUT2D eigenvalue weighted by Crippen LogP contribution is -2.11. The van der Waals surface area contributed by atoms with E-state index in [4.69, 9.17) is 27.6 Å². The lowest BCUT2D eigenvalue weighted by Gasteiger charge is -2.04. The number of amides is 1. The van der Waals surface area contributed by atoms with Crippen molar-refractivity contribution in [3.63, 3.8) is 0 Å². The van der Waals surface area contributed by atoms with E-state index in [1.165, 1.54) is 12.3 Å². The summed E-state index contributed by atoms with van der Waals surface area (Å²) < 4.78 is 4.85. The van der Waals surface area contributed by atoms with Gasteiger partial charge >= 0.3 is 0 Å². The molecule has 1 N–H and O–H groups in total. The van der Waals surface area contributed by atoms with Crippen LogP contribution < -0.4 is 5.32 Å². The third kappa shape index (κ3) is 2.81. The van der Waals surface area contributed by atoms with E-state index in [0.717, 1.165) is 5.56 Å². The van der Waals surface area contributed by atoms with Gasteiger partial charge in [-0.05, 0) is 35.4 Å². The van der Waals surface area contributed by atoms with E-state index in [0.29, 0.717) is 17.1 Å². The quantitative estimate of drug-likeness (QED) is 0.859. The summed E-state index contributed by atoms with van der Waals surface area (Å²) in [6, 6.07) is 8.77. The van der Waals surface area contributed by atoms with E-state index in [1.54, 1.807) is 12.1 Å². The van der Waals surface area contributed by atoms with Crippen molar-refractivity contribution in [2.24, 2.45) is 0 Å². The summed E-state index contributed by atoms with van der Waals surface area (Å²) >= 11 is 11.4. The third-order valence-electron chi connectivity index (χ3n) is 2.23. The molecule has 0 fully saturated rings. The summed E-state index contributed by atoms with van der Waals surface area (Å²) in [6.07, 6.45) is 1.37. The maximum Gasteiger partial charge on any atom is 0.260 e. The molecule has 1 heterocycles. The summed E-state index contributed by atoms with van der Waals surface area (Å²) in [6.45, 7) is 0. The fraction of sp³-hybridized carbons (Fsp3) is 0.0833. The fourth-order valence-electron chi connectivity index (χ4n) is 1.33. The molecule has 2 rings (SSSR count). The average molecular weight is 270 g/mol. The van der Waals surface area contributed by atoms with Gasteiger partial charge in [-0.3, -0.25) is 4.79 Å². The smallest absolute Gasteiger partial charge is 0.260 e. The molecule has 0 radical (unpaired) electrons. The van der Waals surface area contributed by atoms with Crippen LogP contribution in [0.1, 0.15) is 15.9 Å². The second kappa shape index (κ2) is 5.25. The Kier molecular flexibility index (Phi) is 3.71. The van der Waals surface area contributed by atoms with Crippen LogP contribution in [0.25, 0.3) is 0 Å². The molecule has 0 atom stereocenters. The normalized spacial score (nSPS) is 10.2. The molecular weight excluding hydrogens is 261 g/mol. The lowest BCUT2D eigenvalue weighted by atomic mass is 10.2. The highest BCUT2D eigenvalue weighted by Crippen LogP contribution is 2.19. The van der Waals surface area contributed by atoms with Crippen molar-refractivity contribution in [3.05, 3.63) is 52.9 Å². The molecule has 3 nitrogen and oxygen atoms in total. The van der Waals surface area contributed by atoms with Gasteiger partial charge in [-0.25, -0.2) is 0 Å². The zero-order valence-electron chi connectivity index (χ0n) is 8.74. The van der Waals surface area contributed by atoms with Crippen molar-refractivity contribution in [2.45, 2.75) is 5.88 Å². The number of hydrogen-bond donors (Lipinski definition) is 1. The number of anilines is 1. The van der Waals surface area contributed by atoms with E-state index in [1.807, 2.05) is 12.1 Å². The van der Waals surface area contributed by atoms with Crippen LogP contribution in [0.5, 0.6) is 0 Å². The number of furan rings is 1. The van der Waals surface area contributed by atoms with Crippen molar-refractivity contribution in [1.82, 2.24) is 0 Å². The first-order valence-corrected chi connectivity index (χ1v) is 5.81. The Labute approximate surface area is 108 Å². The molecule has 0 saturated heterocycles. The van der Waals surface area contributed by atoms with Crippen LogP contribution in [0.2, 0.25) is 5.22 Å². The Hall–Kier alpha value is -1.45. The maximum atomic E-state index is 11.8. The van der Waals surface area contributed by atoms with Gasteiger partial charge in [0, 0.05) is 11.6 Å². The van der Waals surface area contributed by atoms with E-state index >= 15 is 0 Å². The Balaban J connectivity index is 2.10. The summed E-state index contributed by atoms with van der Waals surface area (Å²) in [5.74, 6) is 0.143. The number of alkyl halides is 1. The molecule has 2 aromatic rings. The summed E-state index contributed by atoms with van der Waals surface area (Å²) in [4.78, 5) is 11.8. The number of halogens is 2. The first-order chi connectivity index (χ1) is 8.20. The lowest BCUT2D eigenvalue weighted by molar-refractivity contribution is 0.102. The van der Waals surface area contributed by atoms with Crippen molar-refractivity contribution in [3.8, 4) is 0 Å². The zero-order chi connectivity index (χ0) is 12.3. The zero-order valence-corrected chi connectivity index (χ0v) is 10.3. The van der Waals surface area contributed by atoms with Crippen LogP contribution in [-0.4, -0.2) is 5.91 Å². The number of carbonyl (C=O) groups excluding carboxylic acids is 1. The van der Waals surface area contributed by atoms with Crippen LogP contribution in [-0.2, 0) is 5.88 Å². The molecule has 0 aliphatic rings. The van der Waals surface area contributed by atoms with Crippen LogP contribution in [0.15, 0.2) is 41.0 Å². The summed E-state index contributed by atoms with van der Waals surface area (Å²) in [7, 11) is 0. The van der Waals surface area contributed by atoms with E-state index in [-0.39, 0.29) is 11.1 Å². The van der Waals surface area contributed by atoms with Gasteiger partial charge < -0.3 is 9.73 Å². The third-order valence-corrected chi connectivity index (χ3v) is 2.83. The van der Waals surface area contributed by atoms with Crippen LogP contribution in [0.3, 0.4) is 0 Å². The molecule has 1 aromatic carbocycles. The van der Waals surface area contributed by atoms with Crippen molar-refractivity contribution < 1.29 is 9.21 Å². The second-order valence-electron chi connectivity index (χ2n) is 3.39.